The molecule has 190 valence electrons. The number of nitrogens with zero attached hydrogens (tertiary/aromatic N) is 1. The summed E-state index contributed by atoms with van der Waals surface area (Å²) in [6.45, 7) is 2.04. The highest BCUT2D eigenvalue weighted by atomic mass is 16.4. The minimum Gasteiger partial charge on any atom is -0.478 e. The van der Waals surface area contributed by atoms with Crippen molar-refractivity contribution < 1.29 is 29.4 Å². The molecule has 0 atom stereocenters. The van der Waals surface area contributed by atoms with Crippen molar-refractivity contribution in [2.24, 2.45) is 0 Å². The van der Waals surface area contributed by atoms with Crippen LogP contribution in [0.25, 0.3) is 0 Å². The van der Waals surface area contributed by atoms with Crippen LogP contribution in [0.3, 0.4) is 0 Å². The van der Waals surface area contributed by atoms with E-state index in [0.29, 0.717) is 5.56 Å². The van der Waals surface area contributed by atoms with E-state index in [0.717, 1.165) is 52.1 Å². The van der Waals surface area contributed by atoms with Crippen LogP contribution >= 0.6 is 0 Å². The van der Waals surface area contributed by atoms with Crippen LogP contribution in [-0.4, -0.2) is 33.7 Å². The second-order valence-electron chi connectivity index (χ2n) is 8.84. The molecule has 3 aromatic rings. The fourth-order valence-electron chi connectivity index (χ4n) is 4.14. The van der Waals surface area contributed by atoms with Crippen LogP contribution in [0.15, 0.2) is 97.1 Å². The largest absolute Gasteiger partial charge is 0.478 e. The van der Waals surface area contributed by atoms with E-state index in [4.69, 9.17) is 10.2 Å². The van der Waals surface area contributed by atoms with Gasteiger partial charge in [0.1, 0.15) is 0 Å². The molecule has 3 rings (SSSR count). The van der Waals surface area contributed by atoms with Gasteiger partial charge < -0.3 is 10.2 Å². The van der Waals surface area contributed by atoms with E-state index in [-0.39, 0.29) is 24.4 Å². The highest BCUT2D eigenvalue weighted by Gasteiger charge is 2.31. The molecule has 38 heavy (non-hydrogen) atoms. The van der Waals surface area contributed by atoms with Crippen LogP contribution in [0, 0.1) is 11.3 Å². The Morgan fingerprint density at radius 2 is 1.00 bits per heavy atom. The first-order valence-electron chi connectivity index (χ1n) is 11.7. The van der Waals surface area contributed by atoms with Gasteiger partial charge in [-0.15, -0.1) is 0 Å². The number of nitriles is 1. The summed E-state index contributed by atoms with van der Waals surface area (Å²) in [6.07, 6.45) is 3.85. The number of ketones is 2. The number of aliphatic carboxylic acids is 2. The Kier molecular flexibility index (Phi) is 8.86. The number of carboxylic acid groups (broad SMARTS) is 2. The zero-order valence-electron chi connectivity index (χ0n) is 20.6. The molecule has 0 fully saturated rings. The van der Waals surface area contributed by atoms with Crippen molar-refractivity contribution in [3.63, 3.8) is 0 Å². The molecule has 0 heterocycles. The van der Waals surface area contributed by atoms with Gasteiger partial charge in [0.25, 0.3) is 0 Å². The molecule has 0 unspecified atom stereocenters. The highest BCUT2D eigenvalue weighted by Crippen LogP contribution is 2.39. The number of benzene rings is 3. The molecule has 0 amide bonds. The summed E-state index contributed by atoms with van der Waals surface area (Å²) < 4.78 is 0. The number of hydrogen-bond acceptors (Lipinski definition) is 5. The monoisotopic (exact) mass is 507 g/mol. The minimum absolute atomic E-state index is 0.0662. The van der Waals surface area contributed by atoms with Crippen molar-refractivity contribution in [2.75, 3.05) is 0 Å². The maximum absolute atomic E-state index is 12.1. The van der Waals surface area contributed by atoms with Gasteiger partial charge in [-0.3, -0.25) is 9.59 Å². The van der Waals surface area contributed by atoms with Gasteiger partial charge in [0, 0.05) is 30.4 Å². The van der Waals surface area contributed by atoms with Crippen molar-refractivity contribution in [1.29, 1.82) is 5.26 Å². The van der Waals surface area contributed by atoms with Crippen LogP contribution in [0.4, 0.5) is 0 Å². The summed E-state index contributed by atoms with van der Waals surface area (Å²) in [5.41, 5.74) is 4.13. The highest BCUT2D eigenvalue weighted by molar-refractivity contribution is 5.97. The zero-order valence-corrected chi connectivity index (χ0v) is 20.6. The number of carboxylic acids is 2. The number of carbonyl (C=O) groups is 4. The fraction of sp³-hybridized carbons (Fsp3) is 0.129. The van der Waals surface area contributed by atoms with Gasteiger partial charge in [0.2, 0.25) is 0 Å². The van der Waals surface area contributed by atoms with E-state index < -0.39 is 17.4 Å². The molecule has 7 nitrogen and oxygen atoms in total. The predicted octanol–water partition coefficient (Wildman–Crippen LogP) is 4.42. The van der Waals surface area contributed by atoms with Crippen molar-refractivity contribution in [3.8, 4) is 6.07 Å². The van der Waals surface area contributed by atoms with Crippen LogP contribution < -0.4 is 0 Å². The van der Waals surface area contributed by atoms with Crippen LogP contribution in [-0.2, 0) is 37.4 Å². The SMILES string of the molecule is CC(c1ccc(C#N)cc1)(c1ccc(CC(=O)/C=C/C(=O)O)cc1)c1ccc(CC(=O)/C=C/C(=O)O)cc1. The van der Waals surface area contributed by atoms with Crippen LogP contribution in [0.5, 0.6) is 0 Å². The minimum atomic E-state index is -1.18. The Morgan fingerprint density at radius 1 is 0.658 bits per heavy atom. The van der Waals surface area contributed by atoms with Crippen LogP contribution in [0.1, 0.15) is 40.3 Å². The van der Waals surface area contributed by atoms with Gasteiger partial charge in [-0.25, -0.2) is 9.59 Å². The number of allylic oxidation sites excluding steroid dienone is 2. The van der Waals surface area contributed by atoms with E-state index in [1.54, 1.807) is 12.1 Å². The lowest BCUT2D eigenvalue weighted by Gasteiger charge is -2.32. The molecular weight excluding hydrogens is 482 g/mol. The number of hydrogen-bond donors (Lipinski definition) is 2. The Balaban J connectivity index is 1.95. The van der Waals surface area contributed by atoms with Crippen molar-refractivity contribution in [1.82, 2.24) is 0 Å². The number of carbonyl (C=O) groups excluding carboxylic acids is 2. The Bertz CT molecular complexity index is 1360. The predicted molar refractivity (Wildman–Crippen MR) is 141 cm³/mol. The smallest absolute Gasteiger partial charge is 0.328 e. The molecule has 7 heteroatoms. The lowest BCUT2D eigenvalue weighted by atomic mass is 9.70. The summed E-state index contributed by atoms with van der Waals surface area (Å²) in [7, 11) is 0. The van der Waals surface area contributed by atoms with Crippen molar-refractivity contribution in [3.05, 3.63) is 130 Å². The van der Waals surface area contributed by atoms with E-state index in [9.17, 15) is 24.4 Å². The van der Waals surface area contributed by atoms with Crippen molar-refractivity contribution >= 4 is 23.5 Å². The molecule has 0 saturated heterocycles. The second-order valence-corrected chi connectivity index (χ2v) is 8.84. The quantitative estimate of drug-likeness (QED) is 0.290. The molecule has 0 aliphatic carbocycles. The summed E-state index contributed by atoms with van der Waals surface area (Å²) in [6, 6.07) is 24.3. The third kappa shape index (κ3) is 6.99. The Morgan fingerprint density at radius 3 is 1.32 bits per heavy atom. The van der Waals surface area contributed by atoms with Gasteiger partial charge in [-0.05, 0) is 59.0 Å². The van der Waals surface area contributed by atoms with E-state index >= 15 is 0 Å². The first-order valence-corrected chi connectivity index (χ1v) is 11.7. The molecule has 0 saturated carbocycles. The molecular formula is C31H25NO6. The van der Waals surface area contributed by atoms with Gasteiger partial charge in [0.05, 0.1) is 11.6 Å². The second kappa shape index (κ2) is 12.2. The third-order valence-electron chi connectivity index (χ3n) is 6.23. The van der Waals surface area contributed by atoms with Gasteiger partial charge in [-0.2, -0.15) is 5.26 Å². The van der Waals surface area contributed by atoms with E-state index in [2.05, 4.69) is 6.07 Å². The molecule has 0 spiro atoms. The maximum Gasteiger partial charge on any atom is 0.328 e. The van der Waals surface area contributed by atoms with Crippen molar-refractivity contribution in [2.45, 2.75) is 25.2 Å². The molecule has 0 aliphatic heterocycles. The maximum atomic E-state index is 12.1. The van der Waals surface area contributed by atoms with Crippen LogP contribution in [0.2, 0.25) is 0 Å². The molecule has 0 aliphatic rings. The summed E-state index contributed by atoms with van der Waals surface area (Å²) in [5.74, 6) is -3.00. The zero-order chi connectivity index (χ0) is 27.7. The standard InChI is InChI=1S/C31H25NO6/c1-31(26-12-6-23(20-32)7-13-26,24-8-2-21(3-9-24)18-27(33)14-16-29(35)36)25-10-4-22(5-11-25)19-28(34)15-17-30(37)38/h2-17H,18-19H2,1H3,(H,35,36)(H,37,38)/b16-14+,17-15+. The Labute approximate surface area is 220 Å². The summed E-state index contributed by atoms with van der Waals surface area (Å²) in [5, 5.41) is 26.6. The molecule has 2 N–H and O–H groups in total. The average molecular weight is 508 g/mol. The van der Waals surface area contributed by atoms with E-state index in [1.165, 1.54) is 0 Å². The molecule has 0 bridgehead atoms. The topological polar surface area (TPSA) is 133 Å². The van der Waals surface area contributed by atoms with E-state index in [1.807, 2.05) is 67.6 Å². The van der Waals surface area contributed by atoms with Gasteiger partial charge in [0.15, 0.2) is 11.6 Å². The number of rotatable bonds is 11. The lowest BCUT2D eigenvalue weighted by molar-refractivity contribution is -0.132. The first-order chi connectivity index (χ1) is 18.1. The molecule has 0 radical (unpaired) electrons. The first kappa shape index (κ1) is 27.5. The normalized spacial score (nSPS) is 11.4. The summed E-state index contributed by atoms with van der Waals surface area (Å²) >= 11 is 0. The molecule has 0 aromatic heterocycles. The Hall–Kier alpha value is -5.09. The summed E-state index contributed by atoms with van der Waals surface area (Å²) in [4.78, 5) is 45.4. The molecule has 3 aromatic carbocycles. The average Bonchev–Trinajstić information content (AvgIpc) is 2.91. The van der Waals surface area contributed by atoms with Gasteiger partial charge >= 0.3 is 11.9 Å². The lowest BCUT2D eigenvalue weighted by Crippen LogP contribution is -2.25. The van der Waals surface area contributed by atoms with Gasteiger partial charge in [-0.1, -0.05) is 60.7 Å². The fourth-order valence-corrected chi connectivity index (χ4v) is 4.14. The third-order valence-corrected chi connectivity index (χ3v) is 6.23.